The van der Waals surface area contributed by atoms with Gasteiger partial charge in [0, 0.05) is 26.8 Å². The quantitative estimate of drug-likeness (QED) is 0.225. The minimum absolute atomic E-state index is 0.000932. The van der Waals surface area contributed by atoms with Crippen LogP contribution >= 0.6 is 34.7 Å². The Hall–Kier alpha value is -3.66. The van der Waals surface area contributed by atoms with Crippen molar-refractivity contribution in [3.05, 3.63) is 110 Å². The van der Waals surface area contributed by atoms with E-state index in [9.17, 15) is 19.2 Å². The predicted octanol–water partition coefficient (Wildman–Crippen LogP) is 7.18. The first kappa shape index (κ1) is 30.7. The standard InChI is InChI=1S/C37H34ClN3O4S2/c1-37(2,3)20-11-9-19(10-12-20)27-28-24-17-25(30-29(24)33(43)41(34(30)44)23-7-5-4-6-8-23)31(28)46-35-32(27)47-36(45)40(35)18-26(42)39-22-15-13-21(38)14-16-22/h4-16,24-25,27-31H,17-18H2,1-3H3,(H,39,42). The SMILES string of the molecule is CC(C)(C)c1ccc(C2c3sc(=O)n(CC(=O)Nc4ccc(Cl)cc4)c3SC3C4CC(C5C(=O)N(c6ccccc6)C(=O)C45)C23)cc1. The molecule has 7 atom stereocenters. The number of amides is 3. The highest BCUT2D eigenvalue weighted by Crippen LogP contribution is 2.69. The van der Waals surface area contributed by atoms with Gasteiger partial charge in [-0.25, -0.2) is 0 Å². The summed E-state index contributed by atoms with van der Waals surface area (Å²) < 4.78 is 1.60. The number of rotatable bonds is 5. The van der Waals surface area contributed by atoms with Gasteiger partial charge < -0.3 is 5.32 Å². The van der Waals surface area contributed by atoms with Gasteiger partial charge in [0.25, 0.3) is 0 Å². The second kappa shape index (κ2) is 11.2. The van der Waals surface area contributed by atoms with Crippen LogP contribution in [0, 0.1) is 29.6 Å². The molecule has 2 aliphatic heterocycles. The van der Waals surface area contributed by atoms with E-state index in [1.165, 1.54) is 21.8 Å². The van der Waals surface area contributed by atoms with Gasteiger partial charge in [-0.05, 0) is 77.1 Å². The molecule has 3 fully saturated rings. The Labute approximate surface area is 286 Å². The molecule has 2 bridgehead atoms. The minimum atomic E-state index is -0.376. The summed E-state index contributed by atoms with van der Waals surface area (Å²) >= 11 is 8.86. The van der Waals surface area contributed by atoms with Crippen LogP contribution in [0.4, 0.5) is 11.4 Å². The Balaban J connectivity index is 1.19. The lowest BCUT2D eigenvalue weighted by Crippen LogP contribution is -2.43. The van der Waals surface area contributed by atoms with Crippen LogP contribution in [0.15, 0.2) is 88.7 Å². The molecule has 7 unspecified atom stereocenters. The largest absolute Gasteiger partial charge is 0.325 e. The molecule has 3 heterocycles. The molecule has 3 amide bonds. The molecule has 1 saturated heterocycles. The molecule has 1 N–H and O–H groups in total. The zero-order valence-corrected chi connectivity index (χ0v) is 28.6. The van der Waals surface area contributed by atoms with E-state index >= 15 is 0 Å². The van der Waals surface area contributed by atoms with Crippen LogP contribution in [0.1, 0.15) is 49.1 Å². The van der Waals surface area contributed by atoms with Crippen LogP contribution < -0.4 is 15.1 Å². The monoisotopic (exact) mass is 683 g/mol. The molecule has 1 aromatic heterocycles. The first-order valence-electron chi connectivity index (χ1n) is 16.0. The normalized spacial score (nSPS) is 27.5. The van der Waals surface area contributed by atoms with Crippen LogP contribution in [0.2, 0.25) is 5.02 Å². The summed E-state index contributed by atoms with van der Waals surface area (Å²) in [6, 6.07) is 24.8. The molecule has 47 heavy (non-hydrogen) atoms. The summed E-state index contributed by atoms with van der Waals surface area (Å²) in [5.74, 6) is -1.26. The molecule has 2 aliphatic carbocycles. The van der Waals surface area contributed by atoms with Crippen molar-refractivity contribution in [3.8, 4) is 0 Å². The van der Waals surface area contributed by atoms with Crippen molar-refractivity contribution < 1.29 is 14.4 Å². The number of thioether (sulfide) groups is 1. The highest BCUT2D eigenvalue weighted by Gasteiger charge is 2.69. The predicted molar refractivity (Wildman–Crippen MR) is 186 cm³/mol. The van der Waals surface area contributed by atoms with Crippen molar-refractivity contribution in [2.24, 2.45) is 29.6 Å². The van der Waals surface area contributed by atoms with Gasteiger partial charge in [0.1, 0.15) is 6.54 Å². The number of carbonyl (C=O) groups is 3. The van der Waals surface area contributed by atoms with Gasteiger partial charge >= 0.3 is 4.87 Å². The summed E-state index contributed by atoms with van der Waals surface area (Å²) in [4.78, 5) is 57.1. The average molecular weight is 684 g/mol. The molecule has 8 rings (SSSR count). The van der Waals surface area contributed by atoms with Gasteiger partial charge in [0.2, 0.25) is 17.7 Å². The summed E-state index contributed by atoms with van der Waals surface area (Å²) in [6.45, 7) is 6.44. The molecule has 0 spiro atoms. The number of anilines is 2. The van der Waals surface area contributed by atoms with Gasteiger partial charge in [0.05, 0.1) is 22.5 Å². The molecule has 240 valence electrons. The lowest BCUT2D eigenvalue weighted by molar-refractivity contribution is -0.123. The number of nitrogens with one attached hydrogen (secondary N) is 1. The third-order valence-corrected chi connectivity index (χ3v) is 13.6. The van der Waals surface area contributed by atoms with Crippen LogP contribution in [0.25, 0.3) is 0 Å². The maximum atomic E-state index is 14.0. The molecular weight excluding hydrogens is 650 g/mol. The fourth-order valence-corrected chi connectivity index (χ4v) is 11.8. The lowest BCUT2D eigenvalue weighted by Gasteiger charge is -2.43. The van der Waals surface area contributed by atoms with Crippen LogP contribution in [0.5, 0.6) is 0 Å². The number of hydrogen-bond donors (Lipinski definition) is 1. The maximum Gasteiger partial charge on any atom is 0.308 e. The number of imide groups is 1. The van der Waals surface area contributed by atoms with Gasteiger partial charge in [-0.15, -0.1) is 11.8 Å². The second-order valence-corrected chi connectivity index (χ2v) is 16.7. The van der Waals surface area contributed by atoms with Crippen LogP contribution in [0.3, 0.4) is 0 Å². The number of para-hydroxylation sites is 1. The number of hydrogen-bond acceptors (Lipinski definition) is 6. The number of carbonyl (C=O) groups excluding carboxylic acids is 3. The van der Waals surface area contributed by atoms with Gasteiger partial charge in [-0.1, -0.05) is 86.2 Å². The van der Waals surface area contributed by atoms with Crippen LogP contribution in [-0.4, -0.2) is 27.5 Å². The Kier molecular flexibility index (Phi) is 7.31. The Morgan fingerprint density at radius 3 is 2.21 bits per heavy atom. The van der Waals surface area contributed by atoms with Crippen LogP contribution in [-0.2, 0) is 26.3 Å². The fourth-order valence-electron chi connectivity index (χ4n) is 8.53. The number of aromatic nitrogens is 1. The topological polar surface area (TPSA) is 88.5 Å². The van der Waals surface area contributed by atoms with E-state index in [0.29, 0.717) is 16.4 Å². The third-order valence-electron chi connectivity index (χ3n) is 10.5. The molecule has 2 saturated carbocycles. The first-order valence-corrected chi connectivity index (χ1v) is 18.1. The van der Waals surface area contributed by atoms with Crippen molar-refractivity contribution in [1.29, 1.82) is 0 Å². The van der Waals surface area contributed by atoms with Crippen molar-refractivity contribution in [3.63, 3.8) is 0 Å². The summed E-state index contributed by atoms with van der Waals surface area (Å²) in [7, 11) is 0. The number of halogens is 1. The van der Waals surface area contributed by atoms with E-state index in [4.69, 9.17) is 11.6 Å². The fraction of sp³-hybridized carbons (Fsp3) is 0.351. The molecule has 10 heteroatoms. The number of nitrogens with zero attached hydrogens (tertiary/aromatic N) is 2. The minimum Gasteiger partial charge on any atom is -0.325 e. The third kappa shape index (κ3) is 4.92. The average Bonchev–Trinajstić information content (AvgIpc) is 3.77. The van der Waals surface area contributed by atoms with E-state index in [-0.39, 0.29) is 75.3 Å². The Morgan fingerprint density at radius 1 is 0.894 bits per heavy atom. The highest BCUT2D eigenvalue weighted by molar-refractivity contribution is 8.00. The van der Waals surface area contributed by atoms with E-state index < -0.39 is 0 Å². The molecule has 3 aromatic carbocycles. The van der Waals surface area contributed by atoms with E-state index in [1.807, 2.05) is 30.3 Å². The summed E-state index contributed by atoms with van der Waals surface area (Å²) in [5.41, 5.74) is 3.54. The molecule has 4 aromatic rings. The smallest absolute Gasteiger partial charge is 0.308 e. The highest BCUT2D eigenvalue weighted by atomic mass is 35.5. The van der Waals surface area contributed by atoms with Crippen molar-refractivity contribution in [1.82, 2.24) is 4.57 Å². The van der Waals surface area contributed by atoms with Crippen molar-refractivity contribution in [2.75, 3.05) is 10.2 Å². The van der Waals surface area contributed by atoms with E-state index in [1.54, 1.807) is 40.6 Å². The second-order valence-electron chi connectivity index (χ2n) is 14.2. The lowest BCUT2D eigenvalue weighted by atomic mass is 9.68. The first-order chi connectivity index (χ1) is 22.5. The molecule has 0 radical (unpaired) electrons. The summed E-state index contributed by atoms with van der Waals surface area (Å²) in [5, 5.41) is 4.30. The Bertz CT molecular complexity index is 1970. The van der Waals surface area contributed by atoms with Gasteiger partial charge in [-0.2, -0.15) is 0 Å². The Morgan fingerprint density at radius 2 is 1.55 bits per heavy atom. The van der Waals surface area contributed by atoms with E-state index in [2.05, 4.69) is 50.4 Å². The summed E-state index contributed by atoms with van der Waals surface area (Å²) in [6.07, 6.45) is 0.810. The van der Waals surface area contributed by atoms with E-state index in [0.717, 1.165) is 21.9 Å². The zero-order valence-electron chi connectivity index (χ0n) is 26.2. The zero-order chi connectivity index (χ0) is 32.8. The molecule has 4 aliphatic rings. The van der Waals surface area contributed by atoms with Gasteiger partial charge in [0.15, 0.2) is 0 Å². The van der Waals surface area contributed by atoms with Crippen molar-refractivity contribution in [2.45, 2.75) is 55.3 Å². The molecule has 7 nitrogen and oxygen atoms in total. The number of fused-ring (bicyclic) bond motifs is 9. The molecular formula is C37H34ClN3O4S2. The van der Waals surface area contributed by atoms with Gasteiger partial charge in [-0.3, -0.25) is 28.6 Å². The number of benzene rings is 3. The number of thiazole rings is 1. The van der Waals surface area contributed by atoms with Crippen molar-refractivity contribution >= 4 is 63.8 Å². The maximum absolute atomic E-state index is 14.0.